The Morgan fingerprint density at radius 2 is 1.00 bits per heavy atom. The highest BCUT2D eigenvalue weighted by Crippen LogP contribution is 2.36. The standard InChI is InChI=1S/C39H27N5/c1-24-11-15-27(16-12-24)37-42-38(28-17-13-25(2)14-18-28)44-39(43-37)29-20-22-34(40-23-29)36-32-21-19-26-7-3-4-8-30(26)35(32)31-9-5-6-10-33(31)41-36/h3-23H,1-2H3. The second kappa shape index (κ2) is 10.5. The summed E-state index contributed by atoms with van der Waals surface area (Å²) in [5.41, 5.74) is 7.66. The van der Waals surface area contributed by atoms with Crippen molar-refractivity contribution in [2.24, 2.45) is 0 Å². The molecule has 5 nitrogen and oxygen atoms in total. The molecule has 0 amide bonds. The molecule has 44 heavy (non-hydrogen) atoms. The molecule has 0 N–H and O–H groups in total. The summed E-state index contributed by atoms with van der Waals surface area (Å²) in [7, 11) is 0. The Morgan fingerprint density at radius 1 is 0.432 bits per heavy atom. The first kappa shape index (κ1) is 25.9. The van der Waals surface area contributed by atoms with Crippen LogP contribution >= 0.6 is 0 Å². The minimum atomic E-state index is 0.576. The van der Waals surface area contributed by atoms with Crippen LogP contribution in [0.5, 0.6) is 0 Å². The molecule has 8 rings (SSSR count). The highest BCUT2D eigenvalue weighted by Gasteiger charge is 2.16. The lowest BCUT2D eigenvalue weighted by Crippen LogP contribution is -2.01. The van der Waals surface area contributed by atoms with Crippen molar-refractivity contribution in [2.45, 2.75) is 13.8 Å². The van der Waals surface area contributed by atoms with E-state index in [4.69, 9.17) is 24.9 Å². The van der Waals surface area contributed by atoms with Gasteiger partial charge in [-0.15, -0.1) is 0 Å². The molecule has 0 unspecified atom stereocenters. The molecule has 0 aliphatic rings. The van der Waals surface area contributed by atoms with E-state index in [0.717, 1.165) is 44.4 Å². The fraction of sp³-hybridized carbons (Fsp3) is 0.0513. The SMILES string of the molecule is Cc1ccc(-c2nc(-c3ccc(C)cc3)nc(-c3ccc(-c4nc5ccccc5c5c4ccc4ccccc45)nc3)n2)cc1. The second-order valence-corrected chi connectivity index (χ2v) is 11.2. The first-order valence-corrected chi connectivity index (χ1v) is 14.7. The predicted molar refractivity (Wildman–Crippen MR) is 179 cm³/mol. The van der Waals surface area contributed by atoms with Crippen LogP contribution in [-0.2, 0) is 0 Å². The average molecular weight is 566 g/mol. The number of hydrogen-bond donors (Lipinski definition) is 0. The van der Waals surface area contributed by atoms with Crippen LogP contribution in [0.15, 0.2) is 128 Å². The molecule has 0 spiro atoms. The minimum Gasteiger partial charge on any atom is -0.254 e. The number of aromatic nitrogens is 5. The quantitative estimate of drug-likeness (QED) is 0.199. The number of benzene rings is 5. The molecule has 3 heterocycles. The van der Waals surface area contributed by atoms with Crippen molar-refractivity contribution in [3.63, 3.8) is 0 Å². The number of fused-ring (bicyclic) bond motifs is 5. The van der Waals surface area contributed by atoms with E-state index in [1.54, 1.807) is 0 Å². The van der Waals surface area contributed by atoms with Gasteiger partial charge >= 0.3 is 0 Å². The van der Waals surface area contributed by atoms with E-state index in [1.165, 1.54) is 27.3 Å². The Bertz CT molecular complexity index is 2250. The van der Waals surface area contributed by atoms with Crippen LogP contribution < -0.4 is 0 Å². The van der Waals surface area contributed by atoms with Gasteiger partial charge in [-0.05, 0) is 42.8 Å². The van der Waals surface area contributed by atoms with Crippen LogP contribution in [0, 0.1) is 13.8 Å². The number of hydrogen-bond acceptors (Lipinski definition) is 5. The van der Waals surface area contributed by atoms with Crippen LogP contribution in [0.1, 0.15) is 11.1 Å². The molecule has 5 aromatic carbocycles. The van der Waals surface area contributed by atoms with Gasteiger partial charge in [-0.2, -0.15) is 0 Å². The molecule has 0 saturated heterocycles. The summed E-state index contributed by atoms with van der Waals surface area (Å²) in [5.74, 6) is 1.83. The Kier molecular flexibility index (Phi) is 6.16. The zero-order valence-corrected chi connectivity index (χ0v) is 24.4. The van der Waals surface area contributed by atoms with Crippen molar-refractivity contribution in [3.05, 3.63) is 139 Å². The molecule has 0 aliphatic carbocycles. The minimum absolute atomic E-state index is 0.576. The smallest absolute Gasteiger partial charge is 0.165 e. The van der Waals surface area contributed by atoms with Gasteiger partial charge in [0.25, 0.3) is 0 Å². The van der Waals surface area contributed by atoms with Crippen LogP contribution in [0.3, 0.4) is 0 Å². The summed E-state index contributed by atoms with van der Waals surface area (Å²) in [4.78, 5) is 24.7. The topological polar surface area (TPSA) is 64.5 Å². The molecule has 0 saturated carbocycles. The summed E-state index contributed by atoms with van der Waals surface area (Å²) in [5, 5.41) is 5.81. The fourth-order valence-electron chi connectivity index (χ4n) is 5.75. The maximum atomic E-state index is 5.10. The first-order valence-electron chi connectivity index (χ1n) is 14.7. The Morgan fingerprint density at radius 3 is 1.64 bits per heavy atom. The number of para-hydroxylation sites is 1. The van der Waals surface area contributed by atoms with Gasteiger partial charge in [-0.1, -0.05) is 114 Å². The molecule has 3 aromatic heterocycles. The lowest BCUT2D eigenvalue weighted by atomic mass is 9.96. The molecule has 5 heteroatoms. The van der Waals surface area contributed by atoms with E-state index in [0.29, 0.717) is 17.5 Å². The van der Waals surface area contributed by atoms with Crippen molar-refractivity contribution in [1.29, 1.82) is 0 Å². The monoisotopic (exact) mass is 565 g/mol. The molecular formula is C39H27N5. The highest BCUT2D eigenvalue weighted by molar-refractivity contribution is 6.22. The molecule has 0 bridgehead atoms. The van der Waals surface area contributed by atoms with Crippen LogP contribution in [0.2, 0.25) is 0 Å². The van der Waals surface area contributed by atoms with Gasteiger partial charge in [0, 0.05) is 39.0 Å². The normalized spacial score (nSPS) is 11.4. The van der Waals surface area contributed by atoms with E-state index in [2.05, 4.69) is 117 Å². The maximum absolute atomic E-state index is 5.10. The van der Waals surface area contributed by atoms with Gasteiger partial charge in [0.1, 0.15) is 0 Å². The van der Waals surface area contributed by atoms with Crippen molar-refractivity contribution in [3.8, 4) is 45.6 Å². The summed E-state index contributed by atoms with van der Waals surface area (Å²) >= 11 is 0. The highest BCUT2D eigenvalue weighted by atomic mass is 15.0. The predicted octanol–water partition coefficient (Wildman–Crippen LogP) is 9.41. The third-order valence-corrected chi connectivity index (χ3v) is 8.11. The molecular weight excluding hydrogens is 538 g/mol. The molecule has 208 valence electrons. The Hall–Kier alpha value is -5.81. The van der Waals surface area contributed by atoms with Crippen molar-refractivity contribution < 1.29 is 0 Å². The van der Waals surface area contributed by atoms with E-state index >= 15 is 0 Å². The fourth-order valence-corrected chi connectivity index (χ4v) is 5.75. The van der Waals surface area contributed by atoms with E-state index in [9.17, 15) is 0 Å². The van der Waals surface area contributed by atoms with Crippen LogP contribution in [0.4, 0.5) is 0 Å². The number of rotatable bonds is 4. The zero-order chi connectivity index (χ0) is 29.6. The lowest BCUT2D eigenvalue weighted by molar-refractivity contribution is 1.07. The van der Waals surface area contributed by atoms with E-state index in [-0.39, 0.29) is 0 Å². The Balaban J connectivity index is 1.27. The second-order valence-electron chi connectivity index (χ2n) is 11.2. The molecule has 0 atom stereocenters. The molecule has 0 fully saturated rings. The van der Waals surface area contributed by atoms with Gasteiger partial charge in [-0.25, -0.2) is 19.9 Å². The number of aryl methyl sites for hydroxylation is 2. The maximum Gasteiger partial charge on any atom is 0.165 e. The lowest BCUT2D eigenvalue weighted by Gasteiger charge is -2.12. The van der Waals surface area contributed by atoms with Gasteiger partial charge in [0.15, 0.2) is 17.5 Å². The van der Waals surface area contributed by atoms with Gasteiger partial charge in [-0.3, -0.25) is 4.98 Å². The third-order valence-electron chi connectivity index (χ3n) is 8.11. The summed E-state index contributed by atoms with van der Waals surface area (Å²) in [6.45, 7) is 4.15. The third kappa shape index (κ3) is 4.56. The van der Waals surface area contributed by atoms with Crippen LogP contribution in [0.25, 0.3) is 78.0 Å². The van der Waals surface area contributed by atoms with Crippen LogP contribution in [-0.4, -0.2) is 24.9 Å². The van der Waals surface area contributed by atoms with E-state index in [1.807, 2.05) is 24.4 Å². The van der Waals surface area contributed by atoms with Gasteiger partial charge in [0.05, 0.1) is 16.9 Å². The molecule has 0 aliphatic heterocycles. The Labute approximate surface area is 255 Å². The van der Waals surface area contributed by atoms with Gasteiger partial charge < -0.3 is 0 Å². The van der Waals surface area contributed by atoms with Crippen molar-refractivity contribution in [2.75, 3.05) is 0 Å². The zero-order valence-electron chi connectivity index (χ0n) is 24.4. The number of pyridine rings is 2. The largest absolute Gasteiger partial charge is 0.254 e. The van der Waals surface area contributed by atoms with Gasteiger partial charge in [0.2, 0.25) is 0 Å². The first-order chi connectivity index (χ1) is 21.6. The van der Waals surface area contributed by atoms with Crippen molar-refractivity contribution in [1.82, 2.24) is 24.9 Å². The number of nitrogens with zero attached hydrogens (tertiary/aromatic N) is 5. The van der Waals surface area contributed by atoms with E-state index < -0.39 is 0 Å². The molecule has 8 aromatic rings. The molecule has 0 radical (unpaired) electrons. The average Bonchev–Trinajstić information content (AvgIpc) is 3.08. The van der Waals surface area contributed by atoms with Crippen molar-refractivity contribution >= 4 is 32.4 Å². The summed E-state index contributed by atoms with van der Waals surface area (Å²) < 4.78 is 0. The summed E-state index contributed by atoms with van der Waals surface area (Å²) in [6.07, 6.45) is 1.84. The summed E-state index contributed by atoms with van der Waals surface area (Å²) in [6, 6.07) is 41.7.